The van der Waals surface area contributed by atoms with Gasteiger partial charge in [0.05, 0.1) is 5.75 Å². The highest BCUT2D eigenvalue weighted by Crippen LogP contribution is 2.68. The minimum atomic E-state index is -3.46. The van der Waals surface area contributed by atoms with Crippen LogP contribution in [-0.2, 0) is 14.6 Å². The number of terminal acetylenes is 1. The average Bonchev–Trinajstić information content (AvgIpc) is 3.10. The minimum absolute atomic E-state index is 0.108. The van der Waals surface area contributed by atoms with E-state index in [4.69, 9.17) is 11.5 Å². The highest BCUT2D eigenvalue weighted by Gasteiger charge is 2.62. The van der Waals surface area contributed by atoms with E-state index in [9.17, 15) is 18.3 Å². The first-order chi connectivity index (χ1) is 15.0. The van der Waals surface area contributed by atoms with Gasteiger partial charge >= 0.3 is 0 Å². The molecule has 0 aliphatic heterocycles. The number of carbonyl (C=O) groups is 1. The van der Waals surface area contributed by atoms with E-state index in [2.05, 4.69) is 19.8 Å². The molecule has 8 atom stereocenters. The predicted molar refractivity (Wildman–Crippen MR) is 124 cm³/mol. The van der Waals surface area contributed by atoms with Crippen LogP contribution in [-0.4, -0.2) is 48.1 Å². The molecule has 0 amide bonds. The first-order valence-corrected chi connectivity index (χ1v) is 14.3. The van der Waals surface area contributed by atoms with Crippen LogP contribution >= 0.6 is 0 Å². The highest BCUT2D eigenvalue weighted by atomic mass is 32.2. The molecule has 32 heavy (non-hydrogen) atoms. The Kier molecular flexibility index (Phi) is 6.36. The van der Waals surface area contributed by atoms with Gasteiger partial charge < -0.3 is 10.2 Å². The van der Waals surface area contributed by atoms with Gasteiger partial charge in [-0.2, -0.15) is 0 Å². The molecule has 0 bridgehead atoms. The van der Waals surface area contributed by atoms with Gasteiger partial charge in [-0.15, -0.1) is 6.42 Å². The van der Waals surface area contributed by atoms with Crippen molar-refractivity contribution in [3.05, 3.63) is 0 Å². The number of carbonyl (C=O) groups excluding carboxylic acids is 1. The lowest BCUT2D eigenvalue weighted by atomic mass is 9.44. The molecular weight excluding hydrogens is 424 g/mol. The summed E-state index contributed by atoms with van der Waals surface area (Å²) in [5.41, 5.74) is -0.863. The van der Waals surface area contributed by atoms with E-state index >= 15 is 0 Å². The smallest absolute Gasteiger partial charge is 0.157 e. The Morgan fingerprint density at radius 1 is 1.03 bits per heavy atom. The Hall–Kier alpha value is -0.900. The van der Waals surface area contributed by atoms with Gasteiger partial charge in [0.25, 0.3) is 0 Å². The maximum Gasteiger partial charge on any atom is 0.157 e. The molecule has 4 rings (SSSR count). The van der Waals surface area contributed by atoms with E-state index in [1.165, 1.54) is 0 Å². The van der Waals surface area contributed by atoms with Crippen molar-refractivity contribution in [3.63, 3.8) is 0 Å². The molecular formula is C26H40O5S. The number of sulfone groups is 1. The molecule has 0 radical (unpaired) electrons. The number of aliphatic hydroxyl groups is 2. The SMILES string of the molecule is C#C[C@@]1(O)CC[C@@]2(C)[C@H](CC[C@@H]3[C@@H]2CC[C@]2(C)[C@@H](C(=O)CS(=O)(=O)CCCO)CC[C@@H]32)C1. The molecule has 0 spiro atoms. The second-order valence-corrected chi connectivity index (χ2v) is 14.0. The fourth-order valence-corrected chi connectivity index (χ4v) is 9.93. The van der Waals surface area contributed by atoms with Crippen LogP contribution in [0.4, 0.5) is 0 Å². The summed E-state index contributed by atoms with van der Waals surface area (Å²) in [6.45, 7) is 4.49. The molecule has 6 heteroatoms. The van der Waals surface area contributed by atoms with Crippen LogP contribution in [0.3, 0.4) is 0 Å². The molecule has 0 aromatic heterocycles. The van der Waals surface area contributed by atoms with Gasteiger partial charge in [0.1, 0.15) is 11.4 Å². The van der Waals surface area contributed by atoms with Gasteiger partial charge in [0, 0.05) is 12.5 Å². The van der Waals surface area contributed by atoms with Crippen molar-refractivity contribution in [1.29, 1.82) is 0 Å². The number of fused-ring (bicyclic) bond motifs is 5. The topological polar surface area (TPSA) is 91.7 Å². The lowest BCUT2D eigenvalue weighted by Gasteiger charge is -2.61. The van der Waals surface area contributed by atoms with Gasteiger partial charge in [-0.25, -0.2) is 8.42 Å². The standard InChI is InChI=1S/C26H40O5S/c1-4-26(29)13-12-24(2)18(16-26)6-7-19-20-8-9-22(25(20,3)11-10-21(19)24)23(28)17-32(30,31)15-5-14-27/h1,18-22,27,29H,5-17H2,2-3H3/t18-,19+,20+,21+,22-,24+,25+,26-/m1/s1. The molecule has 5 nitrogen and oxygen atoms in total. The highest BCUT2D eigenvalue weighted by molar-refractivity contribution is 7.92. The summed E-state index contributed by atoms with van der Waals surface area (Å²) < 4.78 is 24.7. The lowest BCUT2D eigenvalue weighted by Crippen LogP contribution is -2.56. The molecule has 0 unspecified atom stereocenters. The molecule has 0 aromatic rings. The van der Waals surface area contributed by atoms with E-state index in [1.54, 1.807) is 0 Å². The number of hydrogen-bond donors (Lipinski definition) is 2. The summed E-state index contributed by atoms with van der Waals surface area (Å²) in [6, 6.07) is 0. The zero-order valence-corrected chi connectivity index (χ0v) is 20.5. The van der Waals surface area contributed by atoms with Crippen molar-refractivity contribution in [1.82, 2.24) is 0 Å². The number of ketones is 1. The first kappa shape index (κ1) is 24.2. The van der Waals surface area contributed by atoms with Gasteiger partial charge in [0.15, 0.2) is 15.6 Å². The van der Waals surface area contributed by atoms with E-state index < -0.39 is 15.4 Å². The molecule has 2 N–H and O–H groups in total. The average molecular weight is 465 g/mol. The summed E-state index contributed by atoms with van der Waals surface area (Å²) in [5.74, 6) is 4.00. The zero-order chi connectivity index (χ0) is 23.4. The molecule has 4 saturated carbocycles. The summed E-state index contributed by atoms with van der Waals surface area (Å²) in [5, 5.41) is 19.7. The van der Waals surface area contributed by atoms with Gasteiger partial charge in [-0.1, -0.05) is 19.8 Å². The van der Waals surface area contributed by atoms with Crippen LogP contribution in [0.1, 0.15) is 78.1 Å². The molecule has 0 heterocycles. The maximum atomic E-state index is 13.2. The van der Waals surface area contributed by atoms with E-state index in [1.807, 2.05) is 0 Å². The van der Waals surface area contributed by atoms with E-state index in [0.717, 1.165) is 44.9 Å². The van der Waals surface area contributed by atoms with Gasteiger partial charge in [-0.05, 0) is 98.7 Å². The first-order valence-electron chi connectivity index (χ1n) is 12.5. The summed E-state index contributed by atoms with van der Waals surface area (Å²) in [4.78, 5) is 13.2. The fourth-order valence-electron chi connectivity index (χ4n) is 8.58. The molecule has 0 aromatic carbocycles. The molecule has 4 aliphatic carbocycles. The van der Waals surface area contributed by atoms with Crippen LogP contribution in [0.25, 0.3) is 0 Å². The van der Waals surface area contributed by atoms with Crippen molar-refractivity contribution < 1.29 is 23.4 Å². The Bertz CT molecular complexity index is 890. The third-order valence-corrected chi connectivity index (χ3v) is 12.0. The van der Waals surface area contributed by atoms with Gasteiger partial charge in [0.2, 0.25) is 0 Å². The van der Waals surface area contributed by atoms with Crippen molar-refractivity contribution in [3.8, 4) is 12.3 Å². The third kappa shape index (κ3) is 3.97. The van der Waals surface area contributed by atoms with Crippen molar-refractivity contribution in [2.75, 3.05) is 18.1 Å². The molecule has 0 saturated heterocycles. The molecule has 4 aliphatic rings. The van der Waals surface area contributed by atoms with Gasteiger partial charge in [-0.3, -0.25) is 4.79 Å². The van der Waals surface area contributed by atoms with E-state index in [-0.39, 0.29) is 47.1 Å². The summed E-state index contributed by atoms with van der Waals surface area (Å²) >= 11 is 0. The zero-order valence-electron chi connectivity index (χ0n) is 19.7. The molecule has 180 valence electrons. The monoisotopic (exact) mass is 464 g/mol. The van der Waals surface area contributed by atoms with E-state index in [0.29, 0.717) is 36.5 Å². The second kappa shape index (κ2) is 8.40. The van der Waals surface area contributed by atoms with Crippen molar-refractivity contribution >= 4 is 15.6 Å². The Morgan fingerprint density at radius 2 is 1.75 bits per heavy atom. The second-order valence-electron chi connectivity index (χ2n) is 11.8. The summed E-state index contributed by atoms with van der Waals surface area (Å²) in [6.07, 6.45) is 14.3. The maximum absolute atomic E-state index is 13.2. The van der Waals surface area contributed by atoms with Crippen molar-refractivity contribution in [2.45, 2.75) is 83.7 Å². The Morgan fingerprint density at radius 3 is 2.44 bits per heavy atom. The number of aliphatic hydroxyl groups excluding tert-OH is 1. The Labute approximate surface area is 193 Å². The van der Waals surface area contributed by atoms with Crippen LogP contribution < -0.4 is 0 Å². The molecule has 4 fully saturated rings. The number of hydrogen-bond acceptors (Lipinski definition) is 5. The van der Waals surface area contributed by atoms with Crippen LogP contribution in [0.2, 0.25) is 0 Å². The van der Waals surface area contributed by atoms with Crippen LogP contribution in [0.15, 0.2) is 0 Å². The fraction of sp³-hybridized carbons (Fsp3) is 0.885. The normalized spacial score (nSPS) is 45.9. The third-order valence-electron chi connectivity index (χ3n) is 10.4. The van der Waals surface area contributed by atoms with Crippen molar-refractivity contribution in [2.24, 2.45) is 40.4 Å². The van der Waals surface area contributed by atoms with Crippen LogP contribution in [0, 0.1) is 52.8 Å². The number of rotatable bonds is 6. The Balaban J connectivity index is 1.50. The largest absolute Gasteiger partial charge is 0.396 e. The number of Topliss-reactive ketones (excluding diaryl/α,β-unsaturated/α-hetero) is 1. The summed E-state index contributed by atoms with van der Waals surface area (Å²) in [7, 11) is -3.46. The minimum Gasteiger partial charge on any atom is -0.396 e. The predicted octanol–water partition coefficient (Wildman–Crippen LogP) is 3.38. The lowest BCUT2D eigenvalue weighted by molar-refractivity contribution is -0.144. The quantitative estimate of drug-likeness (QED) is 0.588. The van der Waals surface area contributed by atoms with Crippen LogP contribution in [0.5, 0.6) is 0 Å².